The molecular weight excluding hydrogens is 324 g/mol. The van der Waals surface area contributed by atoms with Crippen LogP contribution in [0.5, 0.6) is 0 Å². The van der Waals surface area contributed by atoms with Gasteiger partial charge in [-0.1, -0.05) is 48.0 Å². The lowest BCUT2D eigenvalue weighted by Crippen LogP contribution is -2.56. The summed E-state index contributed by atoms with van der Waals surface area (Å²) in [6, 6.07) is 0. The Labute approximate surface area is 136 Å². The Morgan fingerprint density at radius 3 is 2.86 bits per heavy atom. The van der Waals surface area contributed by atoms with Crippen LogP contribution in [0.3, 0.4) is 0 Å². The summed E-state index contributed by atoms with van der Waals surface area (Å²) in [6.45, 7) is 5.05. The third kappa shape index (κ3) is 1.39. The molecule has 0 aromatic heterocycles. The molecule has 0 bridgehead atoms. The summed E-state index contributed by atoms with van der Waals surface area (Å²) in [6.07, 6.45) is 15.6. The molecule has 1 saturated heterocycles. The van der Waals surface area contributed by atoms with Crippen LogP contribution in [-0.2, 0) is 4.74 Å². The molecule has 5 aliphatic rings. The van der Waals surface area contributed by atoms with E-state index in [1.165, 1.54) is 43.0 Å². The number of hydrogen-bond donors (Lipinski definition) is 0. The van der Waals surface area contributed by atoms with Crippen molar-refractivity contribution in [3.05, 3.63) is 22.7 Å². The molecule has 1 aliphatic heterocycles. The van der Waals surface area contributed by atoms with Crippen molar-refractivity contribution in [3.63, 3.8) is 0 Å². The fourth-order valence-corrected chi connectivity index (χ4v) is 7.45. The number of halogens is 1. The second-order valence-electron chi connectivity index (χ2n) is 8.65. The molecule has 0 amide bonds. The van der Waals surface area contributed by atoms with Crippen molar-refractivity contribution in [1.82, 2.24) is 0 Å². The zero-order valence-electron chi connectivity index (χ0n) is 13.1. The van der Waals surface area contributed by atoms with E-state index in [4.69, 9.17) is 4.74 Å². The second-order valence-corrected chi connectivity index (χ2v) is 9.50. The van der Waals surface area contributed by atoms with Gasteiger partial charge in [0.05, 0.1) is 6.10 Å². The van der Waals surface area contributed by atoms with Crippen LogP contribution in [0, 0.1) is 28.6 Å². The Hall–Kier alpha value is -0.0800. The van der Waals surface area contributed by atoms with Gasteiger partial charge in [0, 0.05) is 10.8 Å². The Bertz CT molecular complexity index is 566. The minimum absolute atomic E-state index is 0.222. The molecule has 2 heteroatoms. The van der Waals surface area contributed by atoms with Gasteiger partial charge >= 0.3 is 0 Å². The zero-order valence-corrected chi connectivity index (χ0v) is 14.7. The van der Waals surface area contributed by atoms with Crippen molar-refractivity contribution in [3.8, 4) is 0 Å². The summed E-state index contributed by atoms with van der Waals surface area (Å²) < 4.78 is 7.88. The Kier molecular flexibility index (Phi) is 2.46. The SMILES string of the molecule is C[C@]12CC[C@H]3[C@@H](C[C@@H]4O[C@@]45CC=CC[C@]35C)[C@@H]1CC=C2Br. The topological polar surface area (TPSA) is 12.5 Å². The van der Waals surface area contributed by atoms with Gasteiger partial charge in [-0.15, -0.1) is 0 Å². The molecule has 0 unspecified atom stereocenters. The third-order valence-electron chi connectivity index (χ3n) is 8.14. The zero-order chi connectivity index (χ0) is 14.5. The highest BCUT2D eigenvalue weighted by Crippen LogP contribution is 2.72. The molecule has 0 N–H and O–H groups in total. The standard InChI is InChI=1S/C19H25BrO/c1-17-10-7-14-12(13(17)5-6-15(17)20)11-16-19(21-16)9-4-3-8-18(14,19)2/h3-4,6,12-14,16H,5,7-11H2,1-2H3/t12-,13-,14-,16-,17-,18+,19-/m0/s1. The maximum Gasteiger partial charge on any atom is 0.104 e. The van der Waals surface area contributed by atoms with Gasteiger partial charge in [0.1, 0.15) is 5.60 Å². The van der Waals surface area contributed by atoms with Crippen LogP contribution in [0.15, 0.2) is 22.7 Å². The lowest BCUT2D eigenvalue weighted by molar-refractivity contribution is -0.0644. The molecule has 0 radical (unpaired) electrons. The normalized spacial score (nSPS) is 60.4. The van der Waals surface area contributed by atoms with E-state index in [0.29, 0.717) is 16.9 Å². The van der Waals surface area contributed by atoms with Crippen molar-refractivity contribution >= 4 is 15.9 Å². The summed E-state index contributed by atoms with van der Waals surface area (Å²) in [4.78, 5) is 0. The Morgan fingerprint density at radius 1 is 1.19 bits per heavy atom. The monoisotopic (exact) mass is 348 g/mol. The van der Waals surface area contributed by atoms with E-state index in [9.17, 15) is 0 Å². The first-order valence-electron chi connectivity index (χ1n) is 8.70. The largest absolute Gasteiger partial charge is 0.365 e. The van der Waals surface area contributed by atoms with Gasteiger partial charge in [-0.2, -0.15) is 0 Å². The van der Waals surface area contributed by atoms with Crippen LogP contribution < -0.4 is 0 Å². The number of rotatable bonds is 0. The number of allylic oxidation sites excluding steroid dienone is 3. The number of hydrogen-bond acceptors (Lipinski definition) is 1. The smallest absolute Gasteiger partial charge is 0.104 e. The molecule has 0 aromatic rings. The Morgan fingerprint density at radius 2 is 2.00 bits per heavy atom. The van der Waals surface area contributed by atoms with E-state index in [1.807, 2.05) is 0 Å². The van der Waals surface area contributed by atoms with Crippen LogP contribution in [0.1, 0.15) is 52.4 Å². The molecule has 1 nitrogen and oxygen atoms in total. The van der Waals surface area contributed by atoms with Crippen molar-refractivity contribution in [2.24, 2.45) is 28.6 Å². The average molecular weight is 349 g/mol. The minimum atomic E-state index is 0.222. The molecule has 114 valence electrons. The fourth-order valence-electron chi connectivity index (χ4n) is 6.77. The highest BCUT2D eigenvalue weighted by Gasteiger charge is 2.74. The minimum Gasteiger partial charge on any atom is -0.365 e. The molecule has 0 aromatic carbocycles. The van der Waals surface area contributed by atoms with Gasteiger partial charge in [0.2, 0.25) is 0 Å². The van der Waals surface area contributed by atoms with Gasteiger partial charge in [-0.05, 0) is 60.8 Å². The van der Waals surface area contributed by atoms with Crippen LogP contribution in [0.2, 0.25) is 0 Å². The van der Waals surface area contributed by atoms with Crippen LogP contribution >= 0.6 is 15.9 Å². The van der Waals surface area contributed by atoms with Gasteiger partial charge in [0.25, 0.3) is 0 Å². The van der Waals surface area contributed by atoms with Crippen LogP contribution in [0.25, 0.3) is 0 Å². The highest BCUT2D eigenvalue weighted by atomic mass is 79.9. The number of fused-ring (bicyclic) bond motifs is 4. The van der Waals surface area contributed by atoms with Crippen molar-refractivity contribution in [2.75, 3.05) is 0 Å². The van der Waals surface area contributed by atoms with E-state index >= 15 is 0 Å². The van der Waals surface area contributed by atoms with Crippen molar-refractivity contribution in [1.29, 1.82) is 0 Å². The first-order valence-corrected chi connectivity index (χ1v) is 9.49. The molecular formula is C19H25BrO. The second kappa shape index (κ2) is 3.87. The Balaban J connectivity index is 1.55. The van der Waals surface area contributed by atoms with E-state index in [-0.39, 0.29) is 5.60 Å². The molecule has 5 rings (SSSR count). The first-order chi connectivity index (χ1) is 10.0. The van der Waals surface area contributed by atoms with Gasteiger partial charge in [-0.25, -0.2) is 0 Å². The fraction of sp³-hybridized carbons (Fsp3) is 0.789. The van der Waals surface area contributed by atoms with Crippen molar-refractivity contribution < 1.29 is 4.74 Å². The molecule has 7 atom stereocenters. The molecule has 1 heterocycles. The quantitative estimate of drug-likeness (QED) is 0.432. The van der Waals surface area contributed by atoms with Crippen molar-refractivity contribution in [2.45, 2.75) is 64.1 Å². The molecule has 4 aliphatic carbocycles. The maximum absolute atomic E-state index is 6.39. The summed E-state index contributed by atoms with van der Waals surface area (Å²) >= 11 is 3.88. The van der Waals surface area contributed by atoms with E-state index in [0.717, 1.165) is 17.8 Å². The molecule has 2 saturated carbocycles. The molecule has 3 fully saturated rings. The number of ether oxygens (including phenoxy) is 1. The maximum atomic E-state index is 6.39. The van der Waals surface area contributed by atoms with E-state index < -0.39 is 0 Å². The summed E-state index contributed by atoms with van der Waals surface area (Å²) in [7, 11) is 0. The summed E-state index contributed by atoms with van der Waals surface area (Å²) in [5.74, 6) is 2.58. The lowest BCUT2D eigenvalue weighted by atomic mass is 9.46. The van der Waals surface area contributed by atoms with Gasteiger partial charge in [0.15, 0.2) is 0 Å². The predicted octanol–water partition coefficient (Wildman–Crippen LogP) is 5.22. The van der Waals surface area contributed by atoms with Crippen LogP contribution in [0.4, 0.5) is 0 Å². The number of epoxide rings is 1. The van der Waals surface area contributed by atoms with E-state index in [2.05, 4.69) is 48.0 Å². The molecule has 1 spiro atoms. The van der Waals surface area contributed by atoms with Crippen LogP contribution in [-0.4, -0.2) is 11.7 Å². The molecule has 21 heavy (non-hydrogen) atoms. The van der Waals surface area contributed by atoms with Gasteiger partial charge in [-0.3, -0.25) is 0 Å². The highest BCUT2D eigenvalue weighted by molar-refractivity contribution is 9.11. The first kappa shape index (κ1) is 13.4. The summed E-state index contributed by atoms with van der Waals surface area (Å²) in [5, 5.41) is 0. The lowest BCUT2D eigenvalue weighted by Gasteiger charge is -2.57. The van der Waals surface area contributed by atoms with Gasteiger partial charge < -0.3 is 4.74 Å². The summed E-state index contributed by atoms with van der Waals surface area (Å²) in [5.41, 5.74) is 1.03. The third-order valence-corrected chi connectivity index (χ3v) is 9.37. The predicted molar refractivity (Wildman–Crippen MR) is 88.1 cm³/mol. The van der Waals surface area contributed by atoms with E-state index in [1.54, 1.807) is 0 Å². The average Bonchev–Trinajstić information content (AvgIpc) is 3.08.